The zero-order valence-corrected chi connectivity index (χ0v) is 14.8. The molecule has 3 aliphatic rings. The van der Waals surface area contributed by atoms with Gasteiger partial charge in [0.2, 0.25) is 5.91 Å². The summed E-state index contributed by atoms with van der Waals surface area (Å²) in [6.07, 6.45) is 1.05. The molecule has 2 heterocycles. The number of benzene rings is 1. The van der Waals surface area contributed by atoms with Crippen LogP contribution in [0.1, 0.15) is 24.0 Å². The number of carbonyl (C=O) groups is 2. The Labute approximate surface area is 151 Å². The number of carbonyl (C=O) groups excluding carboxylic acids is 2. The third-order valence-corrected chi connectivity index (χ3v) is 5.64. The van der Waals surface area contributed by atoms with Crippen LogP contribution in [-0.4, -0.2) is 48.2 Å². The van der Waals surface area contributed by atoms with Gasteiger partial charge in [0.25, 0.3) is 0 Å². The molecular weight excluding hydrogens is 344 g/mol. The van der Waals surface area contributed by atoms with Gasteiger partial charge in [0.15, 0.2) is 0 Å². The zero-order chi connectivity index (χ0) is 17.6. The standard InChI is InChI=1S/C18H21ClN2O4/c1-11-4-14(19)3-2-12(11)9-24-15-7-21(8-15)16(22)13-5-18(6-13)10-25-17(23)20-18/h2-4,13,15H,5-10H2,1H3,(H,20,23)/t13-,18+. The maximum absolute atomic E-state index is 12.4. The summed E-state index contributed by atoms with van der Waals surface area (Å²) < 4.78 is 10.8. The van der Waals surface area contributed by atoms with Crippen molar-refractivity contribution in [3.05, 3.63) is 34.3 Å². The summed E-state index contributed by atoms with van der Waals surface area (Å²) in [7, 11) is 0. The minimum atomic E-state index is -0.374. The Morgan fingerprint density at radius 2 is 2.20 bits per heavy atom. The van der Waals surface area contributed by atoms with Gasteiger partial charge in [-0.3, -0.25) is 4.79 Å². The summed E-state index contributed by atoms with van der Waals surface area (Å²) in [5, 5.41) is 3.54. The Morgan fingerprint density at radius 3 is 2.84 bits per heavy atom. The number of aryl methyl sites for hydroxylation is 1. The van der Waals surface area contributed by atoms with Crippen LogP contribution in [0.5, 0.6) is 0 Å². The molecule has 1 aromatic rings. The summed E-state index contributed by atoms with van der Waals surface area (Å²) >= 11 is 5.96. The second-order valence-electron chi connectivity index (χ2n) is 7.33. The third-order valence-electron chi connectivity index (χ3n) is 5.41. The van der Waals surface area contributed by atoms with Gasteiger partial charge in [-0.1, -0.05) is 17.7 Å². The lowest BCUT2D eigenvalue weighted by Gasteiger charge is -2.47. The molecule has 7 heteroatoms. The van der Waals surface area contributed by atoms with Crippen molar-refractivity contribution < 1.29 is 19.1 Å². The summed E-state index contributed by atoms with van der Waals surface area (Å²) in [5.41, 5.74) is 1.93. The van der Waals surface area contributed by atoms with Crippen molar-refractivity contribution in [2.45, 2.75) is 38.0 Å². The average molecular weight is 365 g/mol. The van der Waals surface area contributed by atoms with E-state index in [1.807, 2.05) is 30.0 Å². The van der Waals surface area contributed by atoms with Gasteiger partial charge in [-0.15, -0.1) is 0 Å². The Hall–Kier alpha value is -1.79. The molecule has 1 N–H and O–H groups in total. The molecule has 2 amide bonds. The van der Waals surface area contributed by atoms with Crippen LogP contribution in [0.3, 0.4) is 0 Å². The molecule has 0 aromatic heterocycles. The number of halogens is 1. The predicted molar refractivity (Wildman–Crippen MR) is 91.3 cm³/mol. The number of hydrogen-bond donors (Lipinski definition) is 1. The van der Waals surface area contributed by atoms with E-state index in [0.717, 1.165) is 16.1 Å². The molecule has 0 radical (unpaired) electrons. The van der Waals surface area contributed by atoms with Gasteiger partial charge in [-0.2, -0.15) is 0 Å². The third kappa shape index (κ3) is 3.20. The number of likely N-dealkylation sites (tertiary alicyclic amines) is 1. The fourth-order valence-corrected chi connectivity index (χ4v) is 4.01. The summed E-state index contributed by atoms with van der Waals surface area (Å²) in [4.78, 5) is 25.4. The van der Waals surface area contributed by atoms with E-state index in [1.165, 1.54) is 0 Å². The van der Waals surface area contributed by atoms with Gasteiger partial charge >= 0.3 is 6.09 Å². The van der Waals surface area contributed by atoms with E-state index in [1.54, 1.807) is 0 Å². The quantitative estimate of drug-likeness (QED) is 0.889. The first-order valence-electron chi connectivity index (χ1n) is 8.54. The van der Waals surface area contributed by atoms with Crippen molar-refractivity contribution in [2.75, 3.05) is 19.7 Å². The van der Waals surface area contributed by atoms with Gasteiger partial charge in [0.05, 0.1) is 18.2 Å². The fraction of sp³-hybridized carbons (Fsp3) is 0.556. The van der Waals surface area contributed by atoms with Crippen LogP contribution in [0.25, 0.3) is 0 Å². The first-order chi connectivity index (χ1) is 11.9. The van der Waals surface area contributed by atoms with E-state index in [-0.39, 0.29) is 29.6 Å². The number of ether oxygens (including phenoxy) is 2. The molecule has 0 unspecified atom stereocenters. The van der Waals surface area contributed by atoms with E-state index in [0.29, 0.717) is 39.1 Å². The average Bonchev–Trinajstić information content (AvgIpc) is 2.88. The molecule has 1 aromatic carbocycles. The molecule has 25 heavy (non-hydrogen) atoms. The van der Waals surface area contributed by atoms with E-state index in [2.05, 4.69) is 5.32 Å². The van der Waals surface area contributed by atoms with Crippen LogP contribution >= 0.6 is 11.6 Å². The second kappa shape index (κ2) is 6.18. The Kier molecular flexibility index (Phi) is 4.12. The molecule has 2 aliphatic heterocycles. The number of nitrogens with one attached hydrogen (secondary N) is 1. The first kappa shape index (κ1) is 16.7. The Balaban J connectivity index is 1.20. The zero-order valence-electron chi connectivity index (χ0n) is 14.1. The SMILES string of the molecule is Cc1cc(Cl)ccc1COC1CN(C(=O)[C@H]2C[C@]3(COC(=O)N3)C2)C1. The van der Waals surface area contributed by atoms with E-state index >= 15 is 0 Å². The largest absolute Gasteiger partial charge is 0.447 e. The van der Waals surface area contributed by atoms with Crippen LogP contribution in [-0.2, 0) is 20.9 Å². The number of rotatable bonds is 4. The van der Waals surface area contributed by atoms with Crippen molar-refractivity contribution >= 4 is 23.6 Å². The first-order valence-corrected chi connectivity index (χ1v) is 8.92. The van der Waals surface area contributed by atoms with Crippen LogP contribution in [0.4, 0.5) is 4.79 Å². The van der Waals surface area contributed by atoms with Gasteiger partial charge in [-0.25, -0.2) is 4.79 Å². The second-order valence-corrected chi connectivity index (χ2v) is 7.77. The van der Waals surface area contributed by atoms with Gasteiger partial charge in [-0.05, 0) is 43.0 Å². The van der Waals surface area contributed by atoms with E-state index in [9.17, 15) is 9.59 Å². The molecule has 134 valence electrons. The molecule has 0 bridgehead atoms. The van der Waals surface area contributed by atoms with Crippen LogP contribution < -0.4 is 5.32 Å². The van der Waals surface area contributed by atoms with Crippen molar-refractivity contribution in [3.63, 3.8) is 0 Å². The lowest BCUT2D eigenvalue weighted by Crippen LogP contribution is -2.62. The highest BCUT2D eigenvalue weighted by molar-refractivity contribution is 6.30. The van der Waals surface area contributed by atoms with Crippen LogP contribution in [0.15, 0.2) is 18.2 Å². The van der Waals surface area contributed by atoms with Crippen LogP contribution in [0, 0.1) is 12.8 Å². The molecule has 2 saturated heterocycles. The topological polar surface area (TPSA) is 67.9 Å². The number of cyclic esters (lactones) is 1. The molecule has 4 rings (SSSR count). The number of hydrogen-bond acceptors (Lipinski definition) is 4. The monoisotopic (exact) mass is 364 g/mol. The lowest BCUT2D eigenvalue weighted by atomic mass is 9.68. The van der Waals surface area contributed by atoms with Gasteiger partial charge < -0.3 is 19.7 Å². The fourth-order valence-electron chi connectivity index (χ4n) is 3.78. The molecule has 6 nitrogen and oxygen atoms in total. The summed E-state index contributed by atoms with van der Waals surface area (Å²) in [6.45, 7) is 4.20. The molecule has 1 saturated carbocycles. The maximum Gasteiger partial charge on any atom is 0.407 e. The number of nitrogens with zero attached hydrogens (tertiary/aromatic N) is 1. The minimum absolute atomic E-state index is 0.0125. The number of alkyl carbamates (subject to hydrolysis) is 1. The van der Waals surface area contributed by atoms with Crippen molar-refractivity contribution in [1.29, 1.82) is 0 Å². The Morgan fingerprint density at radius 1 is 1.44 bits per heavy atom. The predicted octanol–water partition coefficient (Wildman–Crippen LogP) is 2.26. The molecule has 3 fully saturated rings. The summed E-state index contributed by atoms with van der Waals surface area (Å²) in [5.74, 6) is 0.149. The van der Waals surface area contributed by atoms with Crippen molar-refractivity contribution in [2.24, 2.45) is 5.92 Å². The van der Waals surface area contributed by atoms with Crippen molar-refractivity contribution in [1.82, 2.24) is 10.2 Å². The highest BCUT2D eigenvalue weighted by Gasteiger charge is 2.54. The normalized spacial score (nSPS) is 28.3. The smallest absolute Gasteiger partial charge is 0.407 e. The van der Waals surface area contributed by atoms with E-state index in [4.69, 9.17) is 21.1 Å². The highest BCUT2D eigenvalue weighted by Crippen LogP contribution is 2.42. The maximum atomic E-state index is 12.4. The lowest BCUT2D eigenvalue weighted by molar-refractivity contribution is -0.155. The molecular formula is C18H21ClN2O4. The summed E-state index contributed by atoms with van der Waals surface area (Å²) in [6, 6.07) is 5.77. The van der Waals surface area contributed by atoms with Gasteiger partial charge in [0.1, 0.15) is 6.61 Å². The molecule has 0 atom stereocenters. The highest BCUT2D eigenvalue weighted by atomic mass is 35.5. The Bertz CT molecular complexity index is 711. The van der Waals surface area contributed by atoms with Gasteiger partial charge in [0, 0.05) is 24.0 Å². The number of amides is 2. The van der Waals surface area contributed by atoms with E-state index < -0.39 is 0 Å². The molecule has 1 spiro atoms. The minimum Gasteiger partial charge on any atom is -0.447 e. The van der Waals surface area contributed by atoms with Crippen LogP contribution in [0.2, 0.25) is 5.02 Å². The molecule has 1 aliphatic carbocycles. The van der Waals surface area contributed by atoms with Crippen molar-refractivity contribution in [3.8, 4) is 0 Å².